The van der Waals surface area contributed by atoms with Crippen LogP contribution in [0.2, 0.25) is 0 Å². The van der Waals surface area contributed by atoms with Gasteiger partial charge in [0.15, 0.2) is 5.78 Å². The summed E-state index contributed by atoms with van der Waals surface area (Å²) in [6, 6.07) is 15.1. The van der Waals surface area contributed by atoms with Gasteiger partial charge < -0.3 is 5.32 Å². The maximum Gasteiger partial charge on any atom is 0.226 e. The van der Waals surface area contributed by atoms with Crippen molar-refractivity contribution >= 4 is 33.4 Å². The molecule has 1 unspecified atom stereocenters. The Hall–Kier alpha value is -2.73. The fourth-order valence-electron chi connectivity index (χ4n) is 3.46. The third-order valence-electron chi connectivity index (χ3n) is 4.83. The number of benzene rings is 2. The molecule has 2 aromatic carbocycles. The van der Waals surface area contributed by atoms with E-state index in [0.29, 0.717) is 11.4 Å². The fourth-order valence-corrected chi connectivity index (χ4v) is 3.72. The van der Waals surface area contributed by atoms with Gasteiger partial charge in [0.1, 0.15) is 5.82 Å². The average Bonchev–Trinajstić information content (AvgIpc) is 2.98. The summed E-state index contributed by atoms with van der Waals surface area (Å²) >= 11 is 3.42. The Kier molecular flexibility index (Phi) is 4.44. The largest absolute Gasteiger partial charge is 0.310 e. The molecule has 0 fully saturated rings. The number of aryl methyl sites for hydroxylation is 2. The summed E-state index contributed by atoms with van der Waals surface area (Å²) in [5.41, 5.74) is 4.07. The minimum absolute atomic E-state index is 0.0513. The van der Waals surface area contributed by atoms with Crippen LogP contribution in [0.3, 0.4) is 0 Å². The number of carbonyl (C=O) groups is 2. The Morgan fingerprint density at radius 1 is 1.11 bits per heavy atom. The van der Waals surface area contributed by atoms with Crippen molar-refractivity contribution in [2.45, 2.75) is 26.2 Å². The number of fused-ring (bicyclic) bond motifs is 1. The molecule has 136 valence electrons. The maximum atomic E-state index is 13.1. The van der Waals surface area contributed by atoms with E-state index in [4.69, 9.17) is 0 Å². The molecule has 1 amide bonds. The molecular formula is C21H18BrN3O2. The first-order valence-corrected chi connectivity index (χ1v) is 9.49. The van der Waals surface area contributed by atoms with Crippen LogP contribution in [0.25, 0.3) is 5.69 Å². The highest BCUT2D eigenvalue weighted by Gasteiger charge is 2.36. The maximum absolute atomic E-state index is 13.1. The van der Waals surface area contributed by atoms with Gasteiger partial charge in [-0.3, -0.25) is 9.59 Å². The van der Waals surface area contributed by atoms with Crippen LogP contribution in [0, 0.1) is 13.8 Å². The molecule has 5 nitrogen and oxygen atoms in total. The summed E-state index contributed by atoms with van der Waals surface area (Å²) in [6.45, 7) is 3.86. The average molecular weight is 424 g/mol. The van der Waals surface area contributed by atoms with Crippen molar-refractivity contribution in [2.75, 3.05) is 5.32 Å². The van der Waals surface area contributed by atoms with Gasteiger partial charge in [-0.15, -0.1) is 0 Å². The van der Waals surface area contributed by atoms with E-state index in [-0.39, 0.29) is 18.1 Å². The van der Waals surface area contributed by atoms with E-state index in [9.17, 15) is 9.59 Å². The number of anilines is 1. The highest BCUT2D eigenvalue weighted by molar-refractivity contribution is 9.10. The van der Waals surface area contributed by atoms with Crippen molar-refractivity contribution < 1.29 is 9.59 Å². The SMILES string of the molecule is Cc1ccc(C(=O)C2CC(=O)Nc3c2c(C)nn3-c2ccc(Br)cc2)cc1. The van der Waals surface area contributed by atoms with Gasteiger partial charge in [-0.1, -0.05) is 45.8 Å². The molecule has 0 saturated heterocycles. The Morgan fingerprint density at radius 3 is 2.44 bits per heavy atom. The van der Waals surface area contributed by atoms with Crippen LogP contribution >= 0.6 is 15.9 Å². The van der Waals surface area contributed by atoms with Crippen LogP contribution in [-0.4, -0.2) is 21.5 Å². The molecule has 0 saturated carbocycles. The lowest BCUT2D eigenvalue weighted by Gasteiger charge is -2.23. The molecule has 0 spiro atoms. The Morgan fingerprint density at radius 2 is 1.78 bits per heavy atom. The van der Waals surface area contributed by atoms with Gasteiger partial charge >= 0.3 is 0 Å². The number of halogens is 1. The molecule has 1 atom stereocenters. The fraction of sp³-hybridized carbons (Fsp3) is 0.190. The lowest BCUT2D eigenvalue weighted by Crippen LogP contribution is -2.28. The first-order chi connectivity index (χ1) is 12.9. The molecule has 1 N–H and O–H groups in total. The van der Waals surface area contributed by atoms with E-state index in [1.807, 2.05) is 62.4 Å². The molecule has 0 radical (unpaired) electrons. The van der Waals surface area contributed by atoms with E-state index >= 15 is 0 Å². The lowest BCUT2D eigenvalue weighted by atomic mass is 9.85. The number of hydrogen-bond acceptors (Lipinski definition) is 3. The minimum Gasteiger partial charge on any atom is -0.310 e. The van der Waals surface area contributed by atoms with Gasteiger partial charge in [0.2, 0.25) is 5.91 Å². The number of Topliss-reactive ketones (excluding diaryl/α,β-unsaturated/α-hetero) is 1. The molecule has 2 heterocycles. The summed E-state index contributed by atoms with van der Waals surface area (Å²) in [6.07, 6.45) is 0.132. The smallest absolute Gasteiger partial charge is 0.226 e. The molecular weight excluding hydrogens is 406 g/mol. The highest BCUT2D eigenvalue weighted by Crippen LogP contribution is 2.38. The van der Waals surface area contributed by atoms with Gasteiger partial charge in [-0.25, -0.2) is 4.68 Å². The predicted molar refractivity (Wildman–Crippen MR) is 107 cm³/mol. The van der Waals surface area contributed by atoms with E-state index in [2.05, 4.69) is 26.3 Å². The second-order valence-corrected chi connectivity index (χ2v) is 7.69. The van der Waals surface area contributed by atoms with E-state index in [1.165, 1.54) is 0 Å². The Balaban J connectivity index is 1.80. The number of nitrogens with one attached hydrogen (secondary N) is 1. The third-order valence-corrected chi connectivity index (χ3v) is 5.35. The van der Waals surface area contributed by atoms with Crippen LogP contribution in [0.4, 0.5) is 5.82 Å². The summed E-state index contributed by atoms with van der Waals surface area (Å²) < 4.78 is 2.66. The number of amides is 1. The predicted octanol–water partition coefficient (Wildman–Crippen LogP) is 4.56. The van der Waals surface area contributed by atoms with Gasteiger partial charge in [0, 0.05) is 22.0 Å². The quantitative estimate of drug-likeness (QED) is 0.627. The van der Waals surface area contributed by atoms with Gasteiger partial charge in [0.05, 0.1) is 17.3 Å². The monoisotopic (exact) mass is 423 g/mol. The molecule has 1 aliphatic rings. The molecule has 0 aliphatic carbocycles. The second kappa shape index (κ2) is 6.78. The minimum atomic E-state index is -0.527. The molecule has 0 bridgehead atoms. The van der Waals surface area contributed by atoms with Crippen molar-refractivity contribution in [3.63, 3.8) is 0 Å². The van der Waals surface area contributed by atoms with E-state index in [0.717, 1.165) is 27.0 Å². The zero-order valence-corrected chi connectivity index (χ0v) is 16.6. The van der Waals surface area contributed by atoms with Crippen molar-refractivity contribution in [3.05, 3.63) is 75.4 Å². The van der Waals surface area contributed by atoms with Gasteiger partial charge in [0.25, 0.3) is 0 Å². The van der Waals surface area contributed by atoms with Crippen LogP contribution in [-0.2, 0) is 4.79 Å². The number of rotatable bonds is 3. The first-order valence-electron chi connectivity index (χ1n) is 8.70. The number of carbonyl (C=O) groups excluding carboxylic acids is 2. The van der Waals surface area contributed by atoms with Crippen LogP contribution in [0.5, 0.6) is 0 Å². The van der Waals surface area contributed by atoms with Crippen LogP contribution in [0.15, 0.2) is 53.0 Å². The topological polar surface area (TPSA) is 64.0 Å². The zero-order chi connectivity index (χ0) is 19.1. The number of ketones is 1. The summed E-state index contributed by atoms with van der Waals surface area (Å²) in [5.74, 6) is -0.173. The van der Waals surface area contributed by atoms with Gasteiger partial charge in [-0.05, 0) is 38.1 Å². The number of hydrogen-bond donors (Lipinski definition) is 1. The molecule has 27 heavy (non-hydrogen) atoms. The molecule has 1 aromatic heterocycles. The number of aromatic nitrogens is 2. The lowest BCUT2D eigenvalue weighted by molar-refractivity contribution is -0.116. The van der Waals surface area contributed by atoms with Crippen LogP contribution in [0.1, 0.15) is 39.5 Å². The third kappa shape index (κ3) is 3.21. The van der Waals surface area contributed by atoms with E-state index in [1.54, 1.807) is 4.68 Å². The second-order valence-electron chi connectivity index (χ2n) is 6.77. The highest BCUT2D eigenvalue weighted by atomic mass is 79.9. The molecule has 1 aliphatic heterocycles. The summed E-state index contributed by atoms with van der Waals surface area (Å²) in [5, 5.41) is 7.51. The molecule has 4 rings (SSSR count). The Labute approximate surface area is 165 Å². The Bertz CT molecular complexity index is 1040. The van der Waals surface area contributed by atoms with Gasteiger partial charge in [-0.2, -0.15) is 5.10 Å². The zero-order valence-electron chi connectivity index (χ0n) is 15.0. The number of nitrogens with zero attached hydrogens (tertiary/aromatic N) is 2. The van der Waals surface area contributed by atoms with Crippen molar-refractivity contribution in [1.82, 2.24) is 9.78 Å². The first kappa shape index (κ1) is 17.7. The molecule has 6 heteroatoms. The van der Waals surface area contributed by atoms with E-state index < -0.39 is 5.92 Å². The summed E-state index contributed by atoms with van der Waals surface area (Å²) in [4.78, 5) is 25.5. The van der Waals surface area contributed by atoms with Crippen molar-refractivity contribution in [2.24, 2.45) is 0 Å². The summed E-state index contributed by atoms with van der Waals surface area (Å²) in [7, 11) is 0. The molecule has 3 aromatic rings. The van der Waals surface area contributed by atoms with Crippen molar-refractivity contribution in [3.8, 4) is 5.69 Å². The standard InChI is InChI=1S/C21H18BrN3O2/c1-12-3-5-14(6-4-12)20(27)17-11-18(26)23-21-19(17)13(2)24-25(21)16-9-7-15(22)8-10-16/h3-10,17H,11H2,1-2H3,(H,23,26). The van der Waals surface area contributed by atoms with Crippen LogP contribution < -0.4 is 5.32 Å². The van der Waals surface area contributed by atoms with Crippen molar-refractivity contribution in [1.29, 1.82) is 0 Å². The normalized spacial score (nSPS) is 16.0.